The fourth-order valence-electron chi connectivity index (χ4n) is 5.81. The molecular formula is C31H35FN4O4S. The van der Waals surface area contributed by atoms with Gasteiger partial charge in [0.1, 0.15) is 18.2 Å². The summed E-state index contributed by atoms with van der Waals surface area (Å²) in [6.07, 6.45) is -3.48. The highest BCUT2D eigenvalue weighted by atomic mass is 32.1. The number of rotatable bonds is 6. The van der Waals surface area contributed by atoms with Crippen LogP contribution in [0.15, 0.2) is 54.0 Å². The summed E-state index contributed by atoms with van der Waals surface area (Å²) in [4.78, 5) is 48.9. The number of aromatic nitrogens is 1. The molecule has 0 saturated carbocycles. The Morgan fingerprint density at radius 2 is 1.83 bits per heavy atom. The van der Waals surface area contributed by atoms with Crippen molar-refractivity contribution in [3.05, 3.63) is 76.4 Å². The number of carbonyl (C=O) groups excluding carboxylic acids is 3. The first-order chi connectivity index (χ1) is 19.4. The van der Waals surface area contributed by atoms with Crippen molar-refractivity contribution in [3.63, 3.8) is 0 Å². The Morgan fingerprint density at radius 3 is 2.44 bits per heavy atom. The number of benzene rings is 2. The van der Waals surface area contributed by atoms with Gasteiger partial charge in [0.2, 0.25) is 11.8 Å². The standard InChI is InChI=1S/C31H35FN4O4S/c1-17(19-10-12-20(13-11-19)26-18(2)33-16-41-26)34-28(38)25-24(32)23(37)15-35(25)30(40)27(31(3,4)5)36-14-21-8-6-7-9-22(21)29(36)39/h6-13,16-17,23-25,27,37H,14-15H2,1-5H3,(H,34,38)/t17-,23-,24-,25?,27?/m0/s1. The molecule has 41 heavy (non-hydrogen) atoms. The van der Waals surface area contributed by atoms with E-state index in [-0.39, 0.29) is 19.0 Å². The van der Waals surface area contributed by atoms with Gasteiger partial charge in [0, 0.05) is 12.1 Å². The Bertz CT molecular complexity index is 1470. The van der Waals surface area contributed by atoms with Crippen molar-refractivity contribution in [2.24, 2.45) is 5.41 Å². The van der Waals surface area contributed by atoms with Crippen molar-refractivity contribution in [2.75, 3.05) is 6.54 Å². The zero-order valence-corrected chi connectivity index (χ0v) is 24.6. The van der Waals surface area contributed by atoms with Gasteiger partial charge >= 0.3 is 0 Å². The Kier molecular flexibility index (Phi) is 7.74. The highest BCUT2D eigenvalue weighted by Gasteiger charge is 2.53. The smallest absolute Gasteiger partial charge is 0.255 e. The number of hydrogen-bond donors (Lipinski definition) is 2. The number of hydrogen-bond acceptors (Lipinski definition) is 6. The summed E-state index contributed by atoms with van der Waals surface area (Å²) in [7, 11) is 0. The first-order valence-electron chi connectivity index (χ1n) is 13.7. The van der Waals surface area contributed by atoms with Crippen LogP contribution in [0, 0.1) is 12.3 Å². The van der Waals surface area contributed by atoms with E-state index in [0.29, 0.717) is 5.56 Å². The summed E-state index contributed by atoms with van der Waals surface area (Å²) in [5.41, 5.74) is 5.17. The van der Waals surface area contributed by atoms with Crippen molar-refractivity contribution in [2.45, 2.75) is 71.6 Å². The maximum Gasteiger partial charge on any atom is 0.255 e. The van der Waals surface area contributed by atoms with E-state index in [9.17, 15) is 19.5 Å². The second-order valence-corrected chi connectivity index (χ2v) is 12.8. The summed E-state index contributed by atoms with van der Waals surface area (Å²) in [5, 5.41) is 13.3. The Labute approximate surface area is 243 Å². The van der Waals surface area contributed by atoms with E-state index in [1.165, 1.54) is 4.90 Å². The first kappa shape index (κ1) is 28.9. The van der Waals surface area contributed by atoms with Gasteiger partial charge < -0.3 is 20.2 Å². The predicted molar refractivity (Wildman–Crippen MR) is 155 cm³/mol. The highest BCUT2D eigenvalue weighted by Crippen LogP contribution is 2.36. The van der Waals surface area contributed by atoms with E-state index in [1.807, 2.05) is 64.1 Å². The third-order valence-corrected chi connectivity index (χ3v) is 8.91. The molecule has 2 aliphatic rings. The minimum atomic E-state index is -1.96. The number of β-amino-alcohol motifs (C(OH)–C–C–N with tert-alkyl or cyclic N) is 1. The molecule has 5 atom stereocenters. The topological polar surface area (TPSA) is 103 Å². The Balaban J connectivity index is 1.36. The van der Waals surface area contributed by atoms with Crippen LogP contribution in [0.25, 0.3) is 10.4 Å². The number of aliphatic hydroxyl groups is 1. The maximum atomic E-state index is 15.4. The molecule has 1 fully saturated rings. The van der Waals surface area contributed by atoms with Crippen molar-refractivity contribution < 1.29 is 23.9 Å². The molecule has 8 nitrogen and oxygen atoms in total. The van der Waals surface area contributed by atoms with Gasteiger partial charge in [0.05, 0.1) is 28.7 Å². The molecule has 2 N–H and O–H groups in total. The van der Waals surface area contributed by atoms with E-state index in [1.54, 1.807) is 35.9 Å². The molecule has 0 radical (unpaired) electrons. The van der Waals surface area contributed by atoms with Gasteiger partial charge in [-0.15, -0.1) is 11.3 Å². The van der Waals surface area contributed by atoms with E-state index in [2.05, 4.69) is 10.3 Å². The van der Waals surface area contributed by atoms with Crippen LogP contribution in [-0.2, 0) is 16.1 Å². The molecule has 3 heterocycles. The van der Waals surface area contributed by atoms with E-state index >= 15 is 4.39 Å². The number of likely N-dealkylation sites (tertiary alicyclic amines) is 1. The summed E-state index contributed by atoms with van der Waals surface area (Å²) >= 11 is 1.55. The number of alkyl halides is 1. The Morgan fingerprint density at radius 1 is 1.15 bits per heavy atom. The quantitative estimate of drug-likeness (QED) is 0.455. The van der Waals surface area contributed by atoms with E-state index in [0.717, 1.165) is 32.2 Å². The second-order valence-electron chi connectivity index (χ2n) is 11.9. The molecule has 1 saturated heterocycles. The molecule has 3 aromatic rings. The molecule has 3 amide bonds. The van der Waals surface area contributed by atoms with Gasteiger partial charge in [-0.1, -0.05) is 63.2 Å². The number of nitrogens with one attached hydrogen (secondary N) is 1. The summed E-state index contributed by atoms with van der Waals surface area (Å²) in [5.74, 6) is -1.53. The first-order valence-corrected chi connectivity index (χ1v) is 14.6. The SMILES string of the molecule is Cc1ncsc1-c1ccc([C@H](C)NC(=O)C2[C@@H](F)[C@@H](O)CN2C(=O)C(N2Cc3ccccc3C2=O)C(C)(C)C)cc1. The average Bonchev–Trinajstić information content (AvgIpc) is 3.59. The van der Waals surface area contributed by atoms with Gasteiger partial charge in [-0.2, -0.15) is 0 Å². The summed E-state index contributed by atoms with van der Waals surface area (Å²) in [6.45, 7) is 9.13. The third kappa shape index (κ3) is 5.38. The third-order valence-electron chi connectivity index (χ3n) is 7.93. The largest absolute Gasteiger partial charge is 0.388 e. The number of amides is 3. The number of thiazole rings is 1. The van der Waals surface area contributed by atoms with Gasteiger partial charge in [0.15, 0.2) is 6.17 Å². The highest BCUT2D eigenvalue weighted by molar-refractivity contribution is 7.13. The molecule has 2 aliphatic heterocycles. The lowest BCUT2D eigenvalue weighted by molar-refractivity contribution is -0.146. The molecular weight excluding hydrogens is 543 g/mol. The lowest BCUT2D eigenvalue weighted by Gasteiger charge is -2.40. The van der Waals surface area contributed by atoms with Crippen molar-refractivity contribution >= 4 is 29.1 Å². The number of aliphatic hydroxyl groups excluding tert-OH is 1. The molecule has 2 unspecified atom stereocenters. The fraction of sp³-hybridized carbons (Fsp3) is 0.419. The van der Waals surface area contributed by atoms with Crippen LogP contribution in [0.4, 0.5) is 4.39 Å². The molecule has 5 rings (SSSR count). The van der Waals surface area contributed by atoms with Crippen LogP contribution in [0.3, 0.4) is 0 Å². The van der Waals surface area contributed by atoms with Crippen LogP contribution >= 0.6 is 11.3 Å². The molecule has 0 aliphatic carbocycles. The Hall–Kier alpha value is -3.63. The molecule has 0 bridgehead atoms. The van der Waals surface area contributed by atoms with Gasteiger partial charge in [-0.05, 0) is 42.0 Å². The molecule has 0 spiro atoms. The zero-order valence-electron chi connectivity index (χ0n) is 23.8. The lowest BCUT2D eigenvalue weighted by Crippen LogP contribution is -2.59. The molecule has 216 valence electrons. The minimum absolute atomic E-state index is 0.239. The van der Waals surface area contributed by atoms with Gasteiger partial charge in [-0.3, -0.25) is 14.4 Å². The number of fused-ring (bicyclic) bond motifs is 1. The molecule has 10 heteroatoms. The fourth-order valence-corrected chi connectivity index (χ4v) is 6.62. The number of nitrogens with zero attached hydrogens (tertiary/aromatic N) is 3. The monoisotopic (exact) mass is 578 g/mol. The van der Waals surface area contributed by atoms with Crippen LogP contribution in [-0.4, -0.2) is 68.5 Å². The van der Waals surface area contributed by atoms with E-state index < -0.39 is 47.6 Å². The molecule has 1 aromatic heterocycles. The average molecular weight is 579 g/mol. The predicted octanol–water partition coefficient (Wildman–Crippen LogP) is 4.28. The van der Waals surface area contributed by atoms with Crippen LogP contribution < -0.4 is 5.32 Å². The van der Waals surface area contributed by atoms with E-state index in [4.69, 9.17) is 0 Å². The lowest BCUT2D eigenvalue weighted by atomic mass is 9.84. The normalized spacial score (nSPS) is 22.0. The van der Waals surface area contributed by atoms with Crippen molar-refractivity contribution in [3.8, 4) is 10.4 Å². The number of carbonyl (C=O) groups is 3. The van der Waals surface area contributed by atoms with Gasteiger partial charge in [0.25, 0.3) is 5.91 Å². The molecule has 2 aromatic carbocycles. The zero-order chi connectivity index (χ0) is 29.6. The summed E-state index contributed by atoms with van der Waals surface area (Å²) in [6, 6.07) is 11.9. The number of aryl methyl sites for hydroxylation is 1. The summed E-state index contributed by atoms with van der Waals surface area (Å²) < 4.78 is 15.4. The number of halogens is 1. The minimum Gasteiger partial charge on any atom is -0.388 e. The van der Waals surface area contributed by atoms with Gasteiger partial charge in [-0.25, -0.2) is 9.37 Å². The van der Waals surface area contributed by atoms with Crippen LogP contribution in [0.2, 0.25) is 0 Å². The van der Waals surface area contributed by atoms with Crippen molar-refractivity contribution in [1.29, 1.82) is 0 Å². The van der Waals surface area contributed by atoms with Crippen molar-refractivity contribution in [1.82, 2.24) is 20.1 Å². The van der Waals surface area contributed by atoms with Crippen LogP contribution in [0.5, 0.6) is 0 Å². The second kappa shape index (κ2) is 11.0. The maximum absolute atomic E-state index is 15.4. The van der Waals surface area contributed by atoms with Crippen LogP contribution in [0.1, 0.15) is 60.9 Å².